The van der Waals surface area contributed by atoms with Gasteiger partial charge in [0, 0.05) is 43.5 Å². The number of sulfonamides is 1. The van der Waals surface area contributed by atoms with Gasteiger partial charge < -0.3 is 15.7 Å². The maximum Gasteiger partial charge on any atom is 0.223 e. The molecule has 1 aliphatic heterocycles. The second kappa shape index (κ2) is 12.7. The van der Waals surface area contributed by atoms with Crippen LogP contribution in [0.2, 0.25) is 5.02 Å². The normalized spacial score (nSPS) is 22.1. The summed E-state index contributed by atoms with van der Waals surface area (Å²) in [5, 5.41) is 31.8. The molecule has 42 heavy (non-hydrogen) atoms. The van der Waals surface area contributed by atoms with Crippen LogP contribution < -0.4 is 10.6 Å². The molecule has 0 atom stereocenters. The standard InChI is InChI=1S/C29H37ClN8O3S/c1-3-42(40,41)37-12-8-24(9-13-37)35-28-33-17-21(15-31)27(36-28)22-18-34-38(19-22)26-5-4-20(14-25(26)30)16-32-23-6-10-29(2,39)11-7-23/h4-5,14,17-19,23-24,32,39H,3,6-13,16H2,1-2H3,(H,33,35,36)/t23-,29+. The molecule has 2 aliphatic rings. The fraction of sp³-hybridized carbons (Fsp3) is 0.517. The summed E-state index contributed by atoms with van der Waals surface area (Å²) in [4.78, 5) is 8.94. The van der Waals surface area contributed by atoms with Crippen LogP contribution in [0.4, 0.5) is 5.95 Å². The van der Waals surface area contributed by atoms with Gasteiger partial charge in [-0.2, -0.15) is 10.4 Å². The molecule has 3 aromatic rings. The van der Waals surface area contributed by atoms with Gasteiger partial charge >= 0.3 is 0 Å². The lowest BCUT2D eigenvalue weighted by molar-refractivity contribution is 0.0140. The first kappa shape index (κ1) is 30.4. The number of benzene rings is 1. The first-order chi connectivity index (χ1) is 20.1. The summed E-state index contributed by atoms with van der Waals surface area (Å²) in [6.07, 6.45) is 9.69. The van der Waals surface area contributed by atoms with E-state index in [1.165, 1.54) is 10.5 Å². The average molecular weight is 613 g/mol. The SMILES string of the molecule is CCS(=O)(=O)N1CCC(Nc2ncc(C#N)c(-c3cnn(-c4ccc(CN[C@H]5CC[C@@](C)(O)CC5)cc4Cl)c3)n2)CC1. The Morgan fingerprint density at radius 1 is 1.17 bits per heavy atom. The summed E-state index contributed by atoms with van der Waals surface area (Å²) in [6.45, 7) is 5.14. The second-order valence-corrected chi connectivity index (χ2v) is 14.1. The van der Waals surface area contributed by atoms with Crippen molar-refractivity contribution in [1.29, 1.82) is 5.26 Å². The minimum Gasteiger partial charge on any atom is -0.390 e. The van der Waals surface area contributed by atoms with E-state index in [2.05, 4.69) is 31.8 Å². The van der Waals surface area contributed by atoms with Gasteiger partial charge in [-0.25, -0.2) is 27.4 Å². The zero-order valence-corrected chi connectivity index (χ0v) is 25.5. The zero-order chi connectivity index (χ0) is 29.9. The van der Waals surface area contributed by atoms with Crippen LogP contribution in [0, 0.1) is 11.3 Å². The molecule has 1 aliphatic carbocycles. The number of nitriles is 1. The molecule has 0 spiro atoms. The van der Waals surface area contributed by atoms with Crippen molar-refractivity contribution >= 4 is 27.6 Å². The van der Waals surface area contributed by atoms with Crippen LogP contribution in [-0.4, -0.2) is 74.1 Å². The van der Waals surface area contributed by atoms with E-state index < -0.39 is 15.6 Å². The number of rotatable bonds is 9. The summed E-state index contributed by atoms with van der Waals surface area (Å²) in [7, 11) is -3.20. The smallest absolute Gasteiger partial charge is 0.223 e. The molecular formula is C29H37ClN8O3S. The van der Waals surface area contributed by atoms with E-state index in [1.807, 2.05) is 25.1 Å². The van der Waals surface area contributed by atoms with Gasteiger partial charge in [0.1, 0.15) is 6.07 Å². The van der Waals surface area contributed by atoms with E-state index in [4.69, 9.17) is 11.6 Å². The Bertz CT molecular complexity index is 1550. The van der Waals surface area contributed by atoms with Crippen LogP contribution in [0.5, 0.6) is 0 Å². The van der Waals surface area contributed by atoms with Crippen molar-refractivity contribution in [3.8, 4) is 23.0 Å². The number of nitrogens with one attached hydrogen (secondary N) is 2. The van der Waals surface area contributed by atoms with Crippen molar-refractivity contribution in [2.24, 2.45) is 0 Å². The summed E-state index contributed by atoms with van der Waals surface area (Å²) < 4.78 is 27.5. The molecule has 11 nitrogen and oxygen atoms in total. The topological polar surface area (TPSA) is 149 Å². The van der Waals surface area contributed by atoms with Gasteiger partial charge in [0.2, 0.25) is 16.0 Å². The van der Waals surface area contributed by atoms with Gasteiger partial charge in [-0.05, 0) is 70.1 Å². The van der Waals surface area contributed by atoms with Crippen LogP contribution in [0.3, 0.4) is 0 Å². The predicted octanol–water partition coefficient (Wildman–Crippen LogP) is 3.86. The van der Waals surface area contributed by atoms with E-state index in [9.17, 15) is 18.8 Å². The molecule has 224 valence electrons. The molecule has 1 saturated carbocycles. The number of anilines is 1. The number of aromatic nitrogens is 4. The highest BCUT2D eigenvalue weighted by Gasteiger charge is 2.29. The quantitative estimate of drug-likeness (QED) is 0.327. The van der Waals surface area contributed by atoms with Gasteiger partial charge in [-0.1, -0.05) is 17.7 Å². The minimum atomic E-state index is -3.20. The van der Waals surface area contributed by atoms with Crippen LogP contribution in [0.15, 0.2) is 36.8 Å². The molecule has 0 unspecified atom stereocenters. The van der Waals surface area contributed by atoms with Gasteiger partial charge in [-0.3, -0.25) is 0 Å². The number of hydrogen-bond donors (Lipinski definition) is 3. The highest BCUT2D eigenvalue weighted by Crippen LogP contribution is 2.29. The van der Waals surface area contributed by atoms with Gasteiger partial charge in [-0.15, -0.1) is 0 Å². The lowest BCUT2D eigenvalue weighted by Crippen LogP contribution is -2.43. The minimum absolute atomic E-state index is 0.0246. The van der Waals surface area contributed by atoms with Crippen molar-refractivity contribution in [3.05, 3.63) is 52.9 Å². The first-order valence-electron chi connectivity index (χ1n) is 14.4. The summed E-state index contributed by atoms with van der Waals surface area (Å²) >= 11 is 6.67. The molecule has 2 fully saturated rings. The van der Waals surface area contributed by atoms with Gasteiger partial charge in [0.05, 0.1) is 45.7 Å². The summed E-state index contributed by atoms with van der Waals surface area (Å²) in [5.74, 6) is 0.476. The van der Waals surface area contributed by atoms with Crippen molar-refractivity contribution in [3.63, 3.8) is 0 Å². The van der Waals surface area contributed by atoms with E-state index in [0.29, 0.717) is 72.0 Å². The van der Waals surface area contributed by atoms with E-state index in [-0.39, 0.29) is 11.8 Å². The third-order valence-corrected chi connectivity index (χ3v) is 10.4. The number of nitrogens with zero attached hydrogens (tertiary/aromatic N) is 6. The number of piperidine rings is 1. The van der Waals surface area contributed by atoms with Gasteiger partial charge in [0.15, 0.2) is 0 Å². The Labute approximate surface area is 252 Å². The fourth-order valence-electron chi connectivity index (χ4n) is 5.53. The Hall–Kier alpha value is -3.08. The number of aliphatic hydroxyl groups is 1. The van der Waals surface area contributed by atoms with Crippen molar-refractivity contribution in [2.45, 2.75) is 76.6 Å². The van der Waals surface area contributed by atoms with E-state index in [0.717, 1.165) is 31.2 Å². The molecule has 1 saturated heterocycles. The molecule has 0 amide bonds. The average Bonchev–Trinajstić information content (AvgIpc) is 3.47. The molecule has 0 radical (unpaired) electrons. The Kier molecular flexibility index (Phi) is 9.15. The van der Waals surface area contributed by atoms with E-state index >= 15 is 0 Å². The zero-order valence-electron chi connectivity index (χ0n) is 23.9. The van der Waals surface area contributed by atoms with Crippen LogP contribution >= 0.6 is 11.6 Å². The van der Waals surface area contributed by atoms with E-state index in [1.54, 1.807) is 24.0 Å². The molecule has 3 N–H and O–H groups in total. The van der Waals surface area contributed by atoms with Crippen LogP contribution in [-0.2, 0) is 16.6 Å². The fourth-order valence-corrected chi connectivity index (χ4v) is 6.95. The maximum atomic E-state index is 12.2. The van der Waals surface area contributed by atoms with Crippen molar-refractivity contribution in [2.75, 3.05) is 24.2 Å². The summed E-state index contributed by atoms with van der Waals surface area (Å²) in [6, 6.07) is 8.42. The molecule has 3 heterocycles. The molecular weight excluding hydrogens is 576 g/mol. The third-order valence-electron chi connectivity index (χ3n) is 8.23. The third kappa shape index (κ3) is 7.10. The number of hydrogen-bond acceptors (Lipinski definition) is 9. The monoisotopic (exact) mass is 612 g/mol. The predicted molar refractivity (Wildman–Crippen MR) is 162 cm³/mol. The second-order valence-electron chi connectivity index (χ2n) is 11.4. The Balaban J connectivity index is 1.25. The highest BCUT2D eigenvalue weighted by molar-refractivity contribution is 7.89. The maximum absolute atomic E-state index is 12.2. The Morgan fingerprint density at radius 2 is 1.90 bits per heavy atom. The molecule has 0 bridgehead atoms. The summed E-state index contributed by atoms with van der Waals surface area (Å²) in [5.41, 5.74) is 2.64. The first-order valence-corrected chi connectivity index (χ1v) is 16.4. The Morgan fingerprint density at radius 3 is 2.57 bits per heavy atom. The molecule has 1 aromatic carbocycles. The largest absolute Gasteiger partial charge is 0.390 e. The lowest BCUT2D eigenvalue weighted by Gasteiger charge is -2.33. The number of halogens is 1. The van der Waals surface area contributed by atoms with Gasteiger partial charge in [0.25, 0.3) is 0 Å². The van der Waals surface area contributed by atoms with Crippen LogP contribution in [0.1, 0.15) is 63.5 Å². The van der Waals surface area contributed by atoms with Crippen molar-refractivity contribution < 1.29 is 13.5 Å². The molecule has 5 rings (SSSR count). The van der Waals surface area contributed by atoms with Crippen molar-refractivity contribution in [1.82, 2.24) is 29.4 Å². The highest BCUT2D eigenvalue weighted by atomic mass is 35.5. The lowest BCUT2D eigenvalue weighted by atomic mass is 9.83. The molecule has 13 heteroatoms. The molecule has 2 aromatic heterocycles. The van der Waals surface area contributed by atoms with Crippen LogP contribution in [0.25, 0.3) is 16.9 Å².